The molecule has 0 fully saturated rings. The molecule has 12 heterocycles. The van der Waals surface area contributed by atoms with E-state index in [0.29, 0.717) is 37.8 Å². The monoisotopic (exact) mass is 2040 g/mol. The molecule has 0 amide bonds. The van der Waals surface area contributed by atoms with Crippen molar-refractivity contribution in [2.24, 2.45) is 0 Å². The molecule has 794 valence electrons. The average Bonchev–Trinajstić information content (AvgIpc) is 1.62. The zero-order valence-electron chi connectivity index (χ0n) is 93.0. The largest absolute Gasteiger partial charge is 0.481 e. The van der Waals surface area contributed by atoms with Gasteiger partial charge in [0.05, 0.1) is 104 Å². The van der Waals surface area contributed by atoms with Gasteiger partial charge in [-0.05, 0) is 113 Å². The third-order valence-electron chi connectivity index (χ3n) is 20.2. The molecule has 27 nitrogen and oxygen atoms in total. The lowest BCUT2D eigenvalue weighted by Crippen LogP contribution is -2.20. The highest BCUT2D eigenvalue weighted by atomic mass is 16.4. The van der Waals surface area contributed by atoms with Crippen LogP contribution in [-0.4, -0.2) is 136 Å². The second kappa shape index (κ2) is 69.3. The maximum Gasteiger partial charge on any atom is 0.332 e. The summed E-state index contributed by atoms with van der Waals surface area (Å²) in [5, 5.41) is 30.6. The average molecular weight is 2040 g/mol. The molecule has 5 N–H and O–H groups in total. The molecule has 0 atom stereocenters. The molecule has 5 aliphatic heterocycles. The van der Waals surface area contributed by atoms with Gasteiger partial charge in [0.1, 0.15) is 29.1 Å². The Labute approximate surface area is 882 Å². The first kappa shape index (κ1) is 129. The molecule has 7 aromatic heterocycles. The van der Waals surface area contributed by atoms with Crippen LogP contribution in [0.4, 0.5) is 0 Å². The lowest BCUT2D eigenvalue weighted by molar-refractivity contribution is -0.135. The lowest BCUT2D eigenvalue weighted by Gasteiger charge is -2.16. The Kier molecular flexibility index (Phi) is 59.7. The number of aromatic amines is 1. The molecule has 0 spiro atoms. The Bertz CT molecular complexity index is 6700. The molecule has 5 aliphatic rings. The molecule has 0 unspecified atom stereocenters. The number of nitrogens with zero attached hydrogens (tertiary/aromatic N) is 12. The van der Waals surface area contributed by atoms with E-state index in [0.717, 1.165) is 190 Å². The van der Waals surface area contributed by atoms with E-state index in [2.05, 4.69) is 34.9 Å². The summed E-state index contributed by atoms with van der Waals surface area (Å²) >= 11 is 0. The van der Waals surface area contributed by atoms with Crippen LogP contribution in [0.25, 0.3) is 140 Å². The third-order valence-corrected chi connectivity index (χ3v) is 20.2. The van der Waals surface area contributed by atoms with Crippen molar-refractivity contribution in [2.45, 2.75) is 240 Å². The number of fused-ring (bicyclic) bond motifs is 30. The van der Waals surface area contributed by atoms with Crippen LogP contribution in [0.1, 0.15) is 260 Å². The molecule has 19 aromatic rings. The number of rotatable bonds is 0. The molecular weight excluding hydrogens is 1880 g/mol. The topological polar surface area (TPSA) is 374 Å². The first-order valence-electron chi connectivity index (χ1n) is 52.1. The fourth-order valence-electron chi connectivity index (χ4n) is 15.3. The Morgan fingerprint density at radius 2 is 0.380 bits per heavy atom. The Morgan fingerprint density at radius 3 is 0.587 bits per heavy atom. The summed E-state index contributed by atoms with van der Waals surface area (Å²) < 4.78 is 10.3. The van der Waals surface area contributed by atoms with Gasteiger partial charge in [0.15, 0.2) is 5.65 Å². The smallest absolute Gasteiger partial charge is 0.332 e. The maximum absolute atomic E-state index is 12.2. The predicted molar refractivity (Wildman–Crippen MR) is 619 cm³/mol. The van der Waals surface area contributed by atoms with Gasteiger partial charge >= 0.3 is 5.69 Å². The Balaban J connectivity index is 0.000000566. The number of nitrogens with one attached hydrogen (secondary N) is 1. The highest BCUT2D eigenvalue weighted by molar-refractivity contribution is 6.05. The van der Waals surface area contributed by atoms with Gasteiger partial charge in [0.25, 0.3) is 23.9 Å². The van der Waals surface area contributed by atoms with Crippen molar-refractivity contribution >= 4 is 136 Å². The molecule has 0 bridgehead atoms. The number of hydrogen-bond donors (Lipinski definition) is 5. The minimum absolute atomic E-state index is 0.0948. The molecule has 24 rings (SSSR count). The van der Waals surface area contributed by atoms with Crippen LogP contribution in [0.3, 0.4) is 0 Å². The van der Waals surface area contributed by atoms with Crippen LogP contribution in [0.2, 0.25) is 0 Å². The molecular formula is C123H153N13O14. The van der Waals surface area contributed by atoms with Gasteiger partial charge in [-0.3, -0.25) is 66.0 Å². The van der Waals surface area contributed by atoms with Gasteiger partial charge in [-0.1, -0.05) is 386 Å². The number of aromatic nitrogens is 13. The fourth-order valence-corrected chi connectivity index (χ4v) is 15.3. The maximum atomic E-state index is 12.2. The number of para-hydroxylation sites is 13. The zero-order valence-corrected chi connectivity index (χ0v) is 93.0. The number of aliphatic carboxylic acids is 4. The lowest BCUT2D eigenvalue weighted by atomic mass is 10.0. The second-order valence-electron chi connectivity index (χ2n) is 28.7. The van der Waals surface area contributed by atoms with Crippen molar-refractivity contribution in [3.63, 3.8) is 0 Å². The Morgan fingerprint density at radius 1 is 0.220 bits per heavy atom. The number of imidazole rings is 6. The normalized spacial score (nSPS) is 10.6. The van der Waals surface area contributed by atoms with Crippen LogP contribution in [0.5, 0.6) is 0 Å². The molecule has 0 saturated heterocycles. The van der Waals surface area contributed by atoms with Gasteiger partial charge in [-0.15, -0.1) is 0 Å². The summed E-state index contributed by atoms with van der Waals surface area (Å²) in [5.41, 5.74) is 22.5. The van der Waals surface area contributed by atoms with E-state index in [4.69, 9.17) is 39.6 Å². The molecule has 12 aromatic carbocycles. The SMILES string of the molecule is CC.CC.CC.CC.CC.CC.CC.CC.CC.CC.CC.CC.CC.CC(=O)O.CC(=O)O.CC(=O)O.CC(=O)O.O=C1Cc2ccccc2-c2nc3ccccc3n21.O=C1Cc2ccccc2-c2nc3ccccc3n21.O=C1Cc2ccccc2-c2nc3ccccc3n21.O=C1Cc2ccccc2-c2nc3ccccc3n21.O=C1Cc2ccccc2-c2nc3ccccc3n21.O=c1[nH]c2ccccc2c2nc3ccccc3n12. The van der Waals surface area contributed by atoms with Crippen molar-refractivity contribution in [3.05, 3.63) is 329 Å². The molecule has 0 radical (unpaired) electrons. The van der Waals surface area contributed by atoms with E-state index in [-0.39, 0.29) is 35.2 Å². The summed E-state index contributed by atoms with van der Waals surface area (Å²) in [6.45, 7) is 56.3. The quantitative estimate of drug-likeness (QED) is 0.0941. The first-order chi connectivity index (χ1) is 73.0. The highest BCUT2D eigenvalue weighted by Crippen LogP contribution is 2.38. The summed E-state index contributed by atoms with van der Waals surface area (Å²) in [6, 6.07) is 94.0. The molecule has 150 heavy (non-hydrogen) atoms. The number of hydrogen-bond acceptors (Lipinski definition) is 16. The summed E-state index contributed by atoms with van der Waals surface area (Å²) in [7, 11) is 0. The van der Waals surface area contributed by atoms with E-state index in [1.54, 1.807) is 27.2 Å². The summed E-state index contributed by atoms with van der Waals surface area (Å²) in [4.78, 5) is 140. The third kappa shape index (κ3) is 33.1. The number of H-pyrrole nitrogens is 1. The Hall–Kier alpha value is -16.8. The van der Waals surface area contributed by atoms with Crippen molar-refractivity contribution in [1.82, 2.24) is 62.1 Å². The van der Waals surface area contributed by atoms with Gasteiger partial charge < -0.3 is 25.4 Å². The van der Waals surface area contributed by atoms with E-state index in [9.17, 15) is 28.8 Å². The summed E-state index contributed by atoms with van der Waals surface area (Å²) in [5.74, 6) is 0.974. The number of carbonyl (C=O) groups excluding carboxylic acids is 5. The number of carboxylic acid groups (broad SMARTS) is 4. The minimum Gasteiger partial charge on any atom is -0.481 e. The molecule has 27 heteroatoms. The van der Waals surface area contributed by atoms with Crippen molar-refractivity contribution < 1.29 is 63.6 Å². The standard InChI is InChI=1S/5C15H10N2O.C14H9N3O.4C2H4O2.13C2H6/c5*18-14-9-10-5-1-2-6-11(10)15-16-12-7-3-4-8-13(12)17(14)15;18-14-16-10-6-2-1-5-9(10)13-15-11-7-3-4-8-12(11)17(13)14;4*1-2(3)4;13*1-2/h5*1-8H,9H2;1-8H,(H,16,18);4*1H3,(H,3,4);13*1-2H3. The highest BCUT2D eigenvalue weighted by Gasteiger charge is 2.31. The van der Waals surface area contributed by atoms with Crippen LogP contribution in [0.15, 0.2) is 296 Å². The van der Waals surface area contributed by atoms with Crippen LogP contribution >= 0.6 is 0 Å². The van der Waals surface area contributed by atoms with Gasteiger partial charge in [-0.25, -0.2) is 39.1 Å². The van der Waals surface area contributed by atoms with Crippen LogP contribution in [0, 0.1) is 0 Å². The molecule has 0 aliphatic carbocycles. The van der Waals surface area contributed by atoms with Crippen molar-refractivity contribution in [2.75, 3.05) is 0 Å². The van der Waals surface area contributed by atoms with Crippen molar-refractivity contribution in [1.29, 1.82) is 0 Å². The van der Waals surface area contributed by atoms with Gasteiger partial charge in [0, 0.05) is 60.9 Å². The predicted octanol–water partition coefficient (Wildman–Crippen LogP) is 30.5. The molecule has 0 saturated carbocycles. The number of benzene rings is 12. The second-order valence-corrected chi connectivity index (χ2v) is 28.7. The number of carbonyl (C=O) groups is 9. The van der Waals surface area contributed by atoms with Gasteiger partial charge in [0.2, 0.25) is 29.5 Å². The van der Waals surface area contributed by atoms with Crippen molar-refractivity contribution in [3.8, 4) is 56.9 Å². The van der Waals surface area contributed by atoms with E-state index in [1.165, 1.54) is 0 Å². The summed E-state index contributed by atoms with van der Waals surface area (Å²) in [6.07, 6.45) is 2.24. The van der Waals surface area contributed by atoms with E-state index >= 15 is 0 Å². The fraction of sp³-hybridized carbons (Fsp3) is 0.285. The first-order valence-corrected chi connectivity index (χ1v) is 52.1. The van der Waals surface area contributed by atoms with Crippen LogP contribution in [-0.2, 0) is 51.3 Å². The van der Waals surface area contributed by atoms with Crippen LogP contribution < -0.4 is 5.69 Å². The van der Waals surface area contributed by atoms with Gasteiger partial charge in [-0.2, -0.15) is 0 Å². The minimum atomic E-state index is -0.833. The zero-order chi connectivity index (χ0) is 113. The number of carboxylic acids is 4. The van der Waals surface area contributed by atoms with E-state index < -0.39 is 23.9 Å². The van der Waals surface area contributed by atoms with E-state index in [1.807, 2.05) is 471 Å².